The molecule has 0 aromatic carbocycles. The summed E-state index contributed by atoms with van der Waals surface area (Å²) in [5.74, 6) is 0. The fourth-order valence-corrected chi connectivity index (χ4v) is 1.39. The number of nitrogens with zero attached hydrogens (tertiary/aromatic N) is 3. The van der Waals surface area contributed by atoms with Crippen LogP contribution in [0.25, 0.3) is 0 Å². The van der Waals surface area contributed by atoms with Crippen LogP contribution in [-0.2, 0) is 20.1 Å². The molecular formula is C8H15N5O3. The lowest BCUT2D eigenvalue weighted by atomic mass is 10.6. The molecule has 16 heavy (non-hydrogen) atoms. The molecule has 90 valence electrons. The normalized spacial score (nSPS) is 10.7. The van der Waals surface area contributed by atoms with Crippen LogP contribution in [0.2, 0.25) is 0 Å². The average molecular weight is 229 g/mol. The maximum Gasteiger partial charge on any atom is 0.336 e. The van der Waals surface area contributed by atoms with E-state index in [0.29, 0.717) is 0 Å². The van der Waals surface area contributed by atoms with Gasteiger partial charge in [0.05, 0.1) is 0 Å². The summed E-state index contributed by atoms with van der Waals surface area (Å²) in [6.07, 6.45) is 0. The van der Waals surface area contributed by atoms with Gasteiger partial charge in [0.15, 0.2) is 0 Å². The smallest absolute Gasteiger partial charge is 0.329 e. The van der Waals surface area contributed by atoms with Gasteiger partial charge in [0.1, 0.15) is 0 Å². The first-order valence-electron chi connectivity index (χ1n) is 4.85. The number of rotatable bonds is 4. The van der Waals surface area contributed by atoms with Crippen molar-refractivity contribution in [3.63, 3.8) is 0 Å². The Morgan fingerprint density at radius 1 is 0.875 bits per heavy atom. The van der Waals surface area contributed by atoms with Gasteiger partial charge in [0.25, 0.3) is 0 Å². The molecule has 4 N–H and O–H groups in total. The fourth-order valence-electron chi connectivity index (χ4n) is 1.39. The van der Waals surface area contributed by atoms with Crippen LogP contribution in [0.15, 0.2) is 14.4 Å². The van der Waals surface area contributed by atoms with Gasteiger partial charge in [0, 0.05) is 33.2 Å². The predicted octanol–water partition coefficient (Wildman–Crippen LogP) is -3.37. The second-order valence-electron chi connectivity index (χ2n) is 3.29. The van der Waals surface area contributed by atoms with Crippen molar-refractivity contribution in [3.05, 3.63) is 31.5 Å². The highest BCUT2D eigenvalue weighted by Gasteiger charge is 2.11. The Hall–Kier alpha value is -1.67. The number of hydrogen-bond donors (Lipinski definition) is 2. The molecule has 1 heterocycles. The molecule has 0 fully saturated rings. The zero-order valence-electron chi connectivity index (χ0n) is 9.05. The van der Waals surface area contributed by atoms with E-state index in [1.54, 1.807) is 0 Å². The fraction of sp³-hybridized carbons (Fsp3) is 0.625. The molecule has 0 amide bonds. The van der Waals surface area contributed by atoms with Crippen molar-refractivity contribution in [1.29, 1.82) is 0 Å². The van der Waals surface area contributed by atoms with E-state index in [-0.39, 0.29) is 26.2 Å². The summed E-state index contributed by atoms with van der Waals surface area (Å²) in [6.45, 7) is 0.457. The van der Waals surface area contributed by atoms with Crippen molar-refractivity contribution >= 4 is 0 Å². The van der Waals surface area contributed by atoms with Gasteiger partial charge in [-0.3, -0.25) is 0 Å². The van der Waals surface area contributed by atoms with Gasteiger partial charge in [-0.15, -0.1) is 0 Å². The van der Waals surface area contributed by atoms with Crippen LogP contribution in [0.4, 0.5) is 0 Å². The highest BCUT2D eigenvalue weighted by molar-refractivity contribution is 4.77. The Bertz CT molecular complexity index is 494. The van der Waals surface area contributed by atoms with E-state index >= 15 is 0 Å². The minimum Gasteiger partial charge on any atom is -0.329 e. The Morgan fingerprint density at radius 3 is 1.56 bits per heavy atom. The Balaban J connectivity index is 3.59. The quantitative estimate of drug-likeness (QED) is 0.558. The van der Waals surface area contributed by atoms with Crippen molar-refractivity contribution in [2.24, 2.45) is 18.5 Å². The van der Waals surface area contributed by atoms with E-state index in [4.69, 9.17) is 11.5 Å². The van der Waals surface area contributed by atoms with Crippen LogP contribution in [0, 0.1) is 0 Å². The third-order valence-electron chi connectivity index (χ3n) is 2.20. The minimum atomic E-state index is -0.663. The van der Waals surface area contributed by atoms with Crippen LogP contribution >= 0.6 is 0 Å². The first kappa shape index (κ1) is 12.4. The summed E-state index contributed by atoms with van der Waals surface area (Å²) in [6, 6.07) is 0. The molecule has 8 heteroatoms. The van der Waals surface area contributed by atoms with Gasteiger partial charge in [-0.25, -0.2) is 28.1 Å². The SMILES string of the molecule is Cn1c(=O)n(CCN)c(=O)n(CCN)c1=O. The molecule has 0 aliphatic rings. The van der Waals surface area contributed by atoms with Crippen LogP contribution in [0.3, 0.4) is 0 Å². The van der Waals surface area contributed by atoms with Gasteiger partial charge < -0.3 is 11.5 Å². The van der Waals surface area contributed by atoms with Crippen molar-refractivity contribution in [2.45, 2.75) is 13.1 Å². The summed E-state index contributed by atoms with van der Waals surface area (Å²) >= 11 is 0. The second-order valence-corrected chi connectivity index (χ2v) is 3.29. The number of hydrogen-bond acceptors (Lipinski definition) is 5. The van der Waals surface area contributed by atoms with Crippen molar-refractivity contribution < 1.29 is 0 Å². The van der Waals surface area contributed by atoms with Gasteiger partial charge in [-0.1, -0.05) is 0 Å². The first-order valence-corrected chi connectivity index (χ1v) is 4.85. The summed E-state index contributed by atoms with van der Waals surface area (Å²) in [4.78, 5) is 34.9. The van der Waals surface area contributed by atoms with Crippen LogP contribution < -0.4 is 28.5 Å². The maximum absolute atomic E-state index is 11.7. The Kier molecular flexibility index (Phi) is 3.80. The van der Waals surface area contributed by atoms with Crippen molar-refractivity contribution in [2.75, 3.05) is 13.1 Å². The number of nitrogens with two attached hydrogens (primary N) is 2. The lowest BCUT2D eigenvalue weighted by Gasteiger charge is -2.09. The lowest BCUT2D eigenvalue weighted by molar-refractivity contribution is 0.477. The molecule has 0 saturated carbocycles. The van der Waals surface area contributed by atoms with E-state index in [1.807, 2.05) is 0 Å². The monoisotopic (exact) mass is 229 g/mol. The van der Waals surface area contributed by atoms with E-state index in [1.165, 1.54) is 7.05 Å². The summed E-state index contributed by atoms with van der Waals surface area (Å²) < 4.78 is 2.72. The largest absolute Gasteiger partial charge is 0.336 e. The average Bonchev–Trinajstić information content (AvgIpc) is 2.28. The molecule has 0 aliphatic heterocycles. The summed E-state index contributed by atoms with van der Waals surface area (Å²) in [5, 5.41) is 0. The molecule has 0 bridgehead atoms. The highest BCUT2D eigenvalue weighted by atomic mass is 16.2. The molecule has 0 spiro atoms. The standard InChI is InChI=1S/C8H15N5O3/c1-11-6(14)12(4-2-9)8(16)13(5-3-10)7(11)15/h2-5,9-10H2,1H3. The van der Waals surface area contributed by atoms with Crippen LogP contribution in [-0.4, -0.2) is 26.8 Å². The maximum atomic E-state index is 11.7. The van der Waals surface area contributed by atoms with Gasteiger partial charge in [-0.2, -0.15) is 0 Å². The third-order valence-corrected chi connectivity index (χ3v) is 2.20. The van der Waals surface area contributed by atoms with Crippen LogP contribution in [0.1, 0.15) is 0 Å². The van der Waals surface area contributed by atoms with E-state index in [0.717, 1.165) is 13.7 Å². The Labute approximate surface area is 90.7 Å². The van der Waals surface area contributed by atoms with E-state index in [9.17, 15) is 14.4 Å². The molecule has 0 atom stereocenters. The summed E-state index contributed by atoms with van der Waals surface area (Å²) in [5.41, 5.74) is 8.60. The molecular weight excluding hydrogens is 214 g/mol. The lowest BCUT2D eigenvalue weighted by Crippen LogP contribution is -2.54. The zero-order valence-corrected chi connectivity index (χ0v) is 9.05. The van der Waals surface area contributed by atoms with Crippen LogP contribution in [0.5, 0.6) is 0 Å². The molecule has 0 radical (unpaired) electrons. The van der Waals surface area contributed by atoms with Gasteiger partial charge >= 0.3 is 17.1 Å². The molecule has 1 rings (SSSR count). The van der Waals surface area contributed by atoms with Gasteiger partial charge in [-0.05, 0) is 0 Å². The topological polar surface area (TPSA) is 118 Å². The summed E-state index contributed by atoms with van der Waals surface area (Å²) in [7, 11) is 1.31. The molecule has 0 unspecified atom stereocenters. The van der Waals surface area contributed by atoms with E-state index < -0.39 is 17.1 Å². The minimum absolute atomic E-state index is 0.0797. The second kappa shape index (κ2) is 4.90. The first-order chi connectivity index (χ1) is 7.54. The van der Waals surface area contributed by atoms with E-state index in [2.05, 4.69) is 0 Å². The molecule has 0 saturated heterocycles. The Morgan fingerprint density at radius 2 is 1.25 bits per heavy atom. The zero-order chi connectivity index (χ0) is 12.3. The molecule has 1 aromatic rings. The molecule has 1 aromatic heterocycles. The third kappa shape index (κ3) is 1.97. The highest BCUT2D eigenvalue weighted by Crippen LogP contribution is 1.71. The molecule has 8 nitrogen and oxygen atoms in total. The number of aromatic nitrogens is 3. The predicted molar refractivity (Wildman–Crippen MR) is 58.3 cm³/mol. The molecule has 0 aliphatic carbocycles. The van der Waals surface area contributed by atoms with Crippen molar-refractivity contribution in [3.8, 4) is 0 Å². The van der Waals surface area contributed by atoms with Gasteiger partial charge in [0.2, 0.25) is 0 Å². The van der Waals surface area contributed by atoms with Crippen molar-refractivity contribution in [1.82, 2.24) is 13.7 Å².